The zero-order chi connectivity index (χ0) is 11.5. The molecule has 0 atom stereocenters. The zero-order valence-electron chi connectivity index (χ0n) is 9.66. The van der Waals surface area contributed by atoms with Crippen molar-refractivity contribution in [1.29, 1.82) is 0 Å². The highest BCUT2D eigenvalue weighted by atomic mass is 16.5. The molecular weight excluding hydrogens is 192 g/mol. The number of aromatic nitrogens is 2. The lowest BCUT2D eigenvalue weighted by Gasteiger charge is -2.18. The summed E-state index contributed by atoms with van der Waals surface area (Å²) in [5.41, 5.74) is 2.38. The Labute approximate surface area is 90.0 Å². The Balaban J connectivity index is 3.11. The number of anilines is 1. The summed E-state index contributed by atoms with van der Waals surface area (Å²) < 4.78 is 5.34. The fourth-order valence-electron chi connectivity index (χ4n) is 1.06. The molecule has 1 rings (SSSR count). The molecular formula is C10H18N4O. The molecule has 0 saturated carbocycles. The number of nitrogens with one attached hydrogen (secondary N) is 1. The van der Waals surface area contributed by atoms with Crippen LogP contribution in [0.2, 0.25) is 0 Å². The number of nitrogens with two attached hydrogens (primary N) is 1. The van der Waals surface area contributed by atoms with E-state index >= 15 is 0 Å². The van der Waals surface area contributed by atoms with Crippen LogP contribution in [0.25, 0.3) is 0 Å². The standard InChI is InChI=1S/C10H18N4O/c1-5-15-8-6-7(14-11)12-9(13-8)10(2,3)4/h6H,5,11H2,1-4H3,(H,12,13,14). The topological polar surface area (TPSA) is 73.1 Å². The summed E-state index contributed by atoms with van der Waals surface area (Å²) >= 11 is 0. The van der Waals surface area contributed by atoms with Crippen LogP contribution < -0.4 is 16.0 Å². The first-order chi connectivity index (χ1) is 6.97. The third-order valence-corrected chi connectivity index (χ3v) is 1.81. The van der Waals surface area contributed by atoms with Gasteiger partial charge in [0.15, 0.2) is 0 Å². The first kappa shape index (κ1) is 11.7. The number of nitrogens with zero attached hydrogens (tertiary/aromatic N) is 2. The molecule has 1 aromatic rings. The highest BCUT2D eigenvalue weighted by molar-refractivity contribution is 5.37. The van der Waals surface area contributed by atoms with Crippen LogP contribution in [-0.4, -0.2) is 16.6 Å². The molecule has 5 heteroatoms. The van der Waals surface area contributed by atoms with E-state index in [-0.39, 0.29) is 5.41 Å². The fourth-order valence-corrected chi connectivity index (χ4v) is 1.06. The lowest BCUT2D eigenvalue weighted by atomic mass is 9.96. The number of ether oxygens (including phenoxy) is 1. The van der Waals surface area contributed by atoms with Crippen LogP contribution in [0.15, 0.2) is 6.07 Å². The van der Waals surface area contributed by atoms with Crippen LogP contribution in [0, 0.1) is 0 Å². The summed E-state index contributed by atoms with van der Waals surface area (Å²) in [7, 11) is 0. The maximum absolute atomic E-state index is 5.34. The van der Waals surface area contributed by atoms with E-state index < -0.39 is 0 Å². The van der Waals surface area contributed by atoms with Crippen LogP contribution in [0.1, 0.15) is 33.5 Å². The number of hydrazine groups is 1. The molecule has 0 saturated heterocycles. The van der Waals surface area contributed by atoms with E-state index in [1.165, 1.54) is 0 Å². The predicted molar refractivity (Wildman–Crippen MR) is 59.7 cm³/mol. The van der Waals surface area contributed by atoms with Gasteiger partial charge >= 0.3 is 0 Å². The van der Waals surface area contributed by atoms with E-state index in [1.54, 1.807) is 6.07 Å². The Kier molecular flexibility index (Phi) is 3.47. The summed E-state index contributed by atoms with van der Waals surface area (Å²) in [6.45, 7) is 8.61. The van der Waals surface area contributed by atoms with Gasteiger partial charge in [0.05, 0.1) is 6.61 Å². The van der Waals surface area contributed by atoms with Crippen LogP contribution in [0.3, 0.4) is 0 Å². The minimum absolute atomic E-state index is 0.126. The molecule has 0 amide bonds. The minimum Gasteiger partial charge on any atom is -0.478 e. The molecule has 0 spiro atoms. The Bertz CT molecular complexity index is 333. The molecule has 0 fully saturated rings. The predicted octanol–water partition coefficient (Wildman–Crippen LogP) is 1.46. The third-order valence-electron chi connectivity index (χ3n) is 1.81. The van der Waals surface area contributed by atoms with Crippen LogP contribution in [0.4, 0.5) is 5.82 Å². The lowest BCUT2D eigenvalue weighted by molar-refractivity contribution is 0.322. The Morgan fingerprint density at radius 3 is 2.53 bits per heavy atom. The van der Waals surface area contributed by atoms with Gasteiger partial charge in [-0.2, -0.15) is 4.98 Å². The van der Waals surface area contributed by atoms with Crippen molar-refractivity contribution in [2.45, 2.75) is 33.1 Å². The van der Waals surface area contributed by atoms with Crippen LogP contribution in [0.5, 0.6) is 5.88 Å². The second kappa shape index (κ2) is 4.44. The molecule has 84 valence electrons. The van der Waals surface area contributed by atoms with Crippen LogP contribution >= 0.6 is 0 Å². The second-order valence-electron chi connectivity index (χ2n) is 4.24. The lowest BCUT2D eigenvalue weighted by Crippen LogP contribution is -2.19. The van der Waals surface area contributed by atoms with Gasteiger partial charge in [-0.25, -0.2) is 10.8 Å². The van der Waals surface area contributed by atoms with E-state index in [9.17, 15) is 0 Å². The molecule has 0 aliphatic heterocycles. The molecule has 0 radical (unpaired) electrons. The third kappa shape index (κ3) is 3.06. The molecule has 0 aromatic carbocycles. The van der Waals surface area contributed by atoms with Crippen molar-refractivity contribution in [2.24, 2.45) is 5.84 Å². The summed E-state index contributed by atoms with van der Waals surface area (Å²) in [5.74, 6) is 7.16. The molecule has 1 aromatic heterocycles. The Morgan fingerprint density at radius 2 is 2.07 bits per heavy atom. The minimum atomic E-state index is -0.126. The highest BCUT2D eigenvalue weighted by Crippen LogP contribution is 2.22. The van der Waals surface area contributed by atoms with Gasteiger partial charge in [-0.05, 0) is 6.92 Å². The zero-order valence-corrected chi connectivity index (χ0v) is 9.66. The van der Waals surface area contributed by atoms with Crippen molar-refractivity contribution in [1.82, 2.24) is 9.97 Å². The van der Waals surface area contributed by atoms with Gasteiger partial charge < -0.3 is 10.2 Å². The maximum Gasteiger partial charge on any atom is 0.218 e. The number of hydrogen-bond donors (Lipinski definition) is 2. The van der Waals surface area contributed by atoms with Crippen molar-refractivity contribution in [3.05, 3.63) is 11.9 Å². The maximum atomic E-state index is 5.34. The fraction of sp³-hybridized carbons (Fsp3) is 0.600. The van der Waals surface area contributed by atoms with Gasteiger partial charge in [-0.3, -0.25) is 0 Å². The van der Waals surface area contributed by atoms with Crippen molar-refractivity contribution in [3.8, 4) is 5.88 Å². The molecule has 15 heavy (non-hydrogen) atoms. The van der Waals surface area contributed by atoms with E-state index in [0.29, 0.717) is 24.1 Å². The molecule has 3 N–H and O–H groups in total. The van der Waals surface area contributed by atoms with Gasteiger partial charge in [0.2, 0.25) is 5.88 Å². The first-order valence-corrected chi connectivity index (χ1v) is 4.96. The molecule has 0 bridgehead atoms. The number of rotatable bonds is 3. The molecule has 0 aliphatic rings. The number of nitrogen functional groups attached to an aromatic ring is 1. The van der Waals surface area contributed by atoms with E-state index in [4.69, 9.17) is 10.6 Å². The van der Waals surface area contributed by atoms with Gasteiger partial charge in [0.25, 0.3) is 0 Å². The summed E-state index contributed by atoms with van der Waals surface area (Å²) in [6.07, 6.45) is 0. The van der Waals surface area contributed by atoms with E-state index in [1.807, 2.05) is 27.7 Å². The smallest absolute Gasteiger partial charge is 0.218 e. The van der Waals surface area contributed by atoms with E-state index in [0.717, 1.165) is 0 Å². The van der Waals surface area contributed by atoms with E-state index in [2.05, 4.69) is 15.4 Å². The quantitative estimate of drug-likeness (QED) is 0.583. The number of hydrogen-bond acceptors (Lipinski definition) is 5. The summed E-state index contributed by atoms with van der Waals surface area (Å²) in [6, 6.07) is 1.68. The van der Waals surface area contributed by atoms with Gasteiger partial charge in [0, 0.05) is 11.5 Å². The highest BCUT2D eigenvalue weighted by Gasteiger charge is 2.19. The molecule has 0 unspecified atom stereocenters. The average Bonchev–Trinajstić information content (AvgIpc) is 2.16. The molecule has 5 nitrogen and oxygen atoms in total. The normalized spacial score (nSPS) is 11.3. The largest absolute Gasteiger partial charge is 0.478 e. The van der Waals surface area contributed by atoms with Crippen molar-refractivity contribution in [3.63, 3.8) is 0 Å². The summed E-state index contributed by atoms with van der Waals surface area (Å²) in [5, 5.41) is 0. The SMILES string of the molecule is CCOc1cc(NN)nc(C(C)(C)C)n1. The van der Waals surface area contributed by atoms with Crippen LogP contribution in [-0.2, 0) is 5.41 Å². The monoisotopic (exact) mass is 210 g/mol. The summed E-state index contributed by atoms with van der Waals surface area (Å²) in [4.78, 5) is 8.59. The first-order valence-electron chi connectivity index (χ1n) is 4.96. The van der Waals surface area contributed by atoms with Gasteiger partial charge in [-0.15, -0.1) is 0 Å². The molecule has 0 aliphatic carbocycles. The van der Waals surface area contributed by atoms with Gasteiger partial charge in [0.1, 0.15) is 11.6 Å². The Morgan fingerprint density at radius 1 is 1.40 bits per heavy atom. The Hall–Kier alpha value is -1.36. The second-order valence-corrected chi connectivity index (χ2v) is 4.24. The van der Waals surface area contributed by atoms with Crippen molar-refractivity contribution in [2.75, 3.05) is 12.0 Å². The van der Waals surface area contributed by atoms with Crippen molar-refractivity contribution < 1.29 is 4.74 Å². The average molecular weight is 210 g/mol. The van der Waals surface area contributed by atoms with Crippen molar-refractivity contribution >= 4 is 5.82 Å². The van der Waals surface area contributed by atoms with Gasteiger partial charge in [-0.1, -0.05) is 20.8 Å². The molecule has 1 heterocycles.